The van der Waals surface area contributed by atoms with Gasteiger partial charge in [0, 0.05) is 12.3 Å². The van der Waals surface area contributed by atoms with Crippen LogP contribution in [0.5, 0.6) is 0 Å². The largest absolute Gasteiger partial charge is 0.301 e. The van der Waals surface area contributed by atoms with Crippen LogP contribution in [0.4, 0.5) is 17.1 Å². The van der Waals surface area contributed by atoms with E-state index in [1.54, 1.807) is 6.08 Å². The highest BCUT2D eigenvalue weighted by Crippen LogP contribution is 2.28. The van der Waals surface area contributed by atoms with Crippen LogP contribution in [0.1, 0.15) is 27.2 Å². The van der Waals surface area contributed by atoms with Crippen molar-refractivity contribution < 1.29 is 9.85 Å². The minimum atomic E-state index is -0.694. The molecule has 0 saturated heterocycles. The standard InChI is InChI=1S/C15H18N4O4/c1-11(2)4-5-12(3)8-9-16-17-14-7-6-13(18(20)21)10-15(14)19(22)23/h4,6-10,17H,5H2,1-3H3/b12-8+,16-9-. The molecule has 23 heavy (non-hydrogen) atoms. The average Bonchev–Trinajstić information content (AvgIpc) is 2.49. The average molecular weight is 318 g/mol. The molecule has 1 N–H and O–H groups in total. The number of nitro groups is 2. The van der Waals surface area contributed by atoms with Crippen LogP contribution in [-0.4, -0.2) is 16.1 Å². The summed E-state index contributed by atoms with van der Waals surface area (Å²) in [6, 6.07) is 3.34. The summed E-state index contributed by atoms with van der Waals surface area (Å²) in [6.45, 7) is 5.97. The van der Waals surface area contributed by atoms with Crippen LogP contribution in [-0.2, 0) is 0 Å². The maximum absolute atomic E-state index is 11.0. The normalized spacial score (nSPS) is 11.3. The van der Waals surface area contributed by atoms with Crippen LogP contribution in [0.3, 0.4) is 0 Å². The van der Waals surface area contributed by atoms with Crippen LogP contribution in [0.15, 0.2) is 46.6 Å². The van der Waals surface area contributed by atoms with E-state index in [-0.39, 0.29) is 11.4 Å². The number of rotatable bonds is 7. The lowest BCUT2D eigenvalue weighted by Gasteiger charge is -2.01. The van der Waals surface area contributed by atoms with E-state index < -0.39 is 15.5 Å². The number of non-ortho nitro benzene ring substituents is 1. The highest BCUT2D eigenvalue weighted by atomic mass is 16.6. The molecule has 0 atom stereocenters. The molecule has 0 amide bonds. The minimum Gasteiger partial charge on any atom is -0.272 e. The Morgan fingerprint density at radius 2 is 1.91 bits per heavy atom. The molecular formula is C15H18N4O4. The highest BCUT2D eigenvalue weighted by molar-refractivity contribution is 5.74. The van der Waals surface area contributed by atoms with Crippen molar-refractivity contribution in [3.8, 4) is 0 Å². The summed E-state index contributed by atoms with van der Waals surface area (Å²) >= 11 is 0. The summed E-state index contributed by atoms with van der Waals surface area (Å²) < 4.78 is 0. The fourth-order valence-electron chi connectivity index (χ4n) is 1.58. The van der Waals surface area contributed by atoms with E-state index in [1.807, 2.05) is 20.8 Å². The molecule has 0 aliphatic carbocycles. The lowest BCUT2D eigenvalue weighted by atomic mass is 10.1. The van der Waals surface area contributed by atoms with Gasteiger partial charge in [-0.25, -0.2) is 0 Å². The van der Waals surface area contributed by atoms with E-state index in [4.69, 9.17) is 0 Å². The molecule has 0 heterocycles. The van der Waals surface area contributed by atoms with Crippen molar-refractivity contribution in [1.29, 1.82) is 0 Å². The third-order valence-corrected chi connectivity index (χ3v) is 2.84. The fourth-order valence-corrected chi connectivity index (χ4v) is 1.58. The van der Waals surface area contributed by atoms with Gasteiger partial charge in [0.25, 0.3) is 5.69 Å². The number of benzene rings is 1. The number of nitrogens with zero attached hydrogens (tertiary/aromatic N) is 3. The van der Waals surface area contributed by atoms with E-state index in [2.05, 4.69) is 16.6 Å². The molecule has 0 aliphatic rings. The third-order valence-electron chi connectivity index (χ3n) is 2.84. The van der Waals surface area contributed by atoms with E-state index >= 15 is 0 Å². The maximum Gasteiger partial charge on any atom is 0.301 e. The lowest BCUT2D eigenvalue weighted by Crippen LogP contribution is -1.98. The van der Waals surface area contributed by atoms with Crippen molar-refractivity contribution in [1.82, 2.24) is 0 Å². The first kappa shape index (κ1) is 18.0. The monoisotopic (exact) mass is 318 g/mol. The Bertz CT molecular complexity index is 689. The molecule has 0 aromatic heterocycles. The van der Waals surface area contributed by atoms with Crippen LogP contribution >= 0.6 is 0 Å². The minimum absolute atomic E-state index is 0.0900. The molecule has 0 unspecified atom stereocenters. The zero-order valence-corrected chi connectivity index (χ0v) is 13.1. The number of allylic oxidation sites excluding steroid dienone is 4. The first-order chi connectivity index (χ1) is 10.8. The number of hydrazone groups is 1. The molecule has 0 radical (unpaired) electrons. The quantitative estimate of drug-likeness (QED) is 0.350. The van der Waals surface area contributed by atoms with Gasteiger partial charge in [0.15, 0.2) is 0 Å². The van der Waals surface area contributed by atoms with Crippen molar-refractivity contribution in [2.24, 2.45) is 5.10 Å². The van der Waals surface area contributed by atoms with Crippen molar-refractivity contribution >= 4 is 23.3 Å². The second-order valence-electron chi connectivity index (χ2n) is 5.10. The molecule has 8 heteroatoms. The molecule has 0 fully saturated rings. The second-order valence-corrected chi connectivity index (χ2v) is 5.10. The summed E-state index contributed by atoms with van der Waals surface area (Å²) in [5.74, 6) is 0. The van der Waals surface area contributed by atoms with Crippen molar-refractivity contribution in [2.75, 3.05) is 5.43 Å². The molecule has 122 valence electrons. The predicted octanol–water partition coefficient (Wildman–Crippen LogP) is 4.20. The SMILES string of the molecule is CC(C)=CC/C(C)=C/C=N\Nc1ccc([N+](=O)[O-])cc1[N+](=O)[O-]. The van der Waals surface area contributed by atoms with Crippen molar-refractivity contribution in [3.63, 3.8) is 0 Å². The van der Waals surface area contributed by atoms with Crippen LogP contribution < -0.4 is 5.43 Å². The van der Waals surface area contributed by atoms with E-state index in [0.29, 0.717) is 0 Å². The zero-order chi connectivity index (χ0) is 17.4. The first-order valence-corrected chi connectivity index (χ1v) is 6.82. The summed E-state index contributed by atoms with van der Waals surface area (Å²) in [4.78, 5) is 20.2. The Balaban J connectivity index is 2.83. The summed E-state index contributed by atoms with van der Waals surface area (Å²) in [5.41, 5.74) is 4.17. The van der Waals surface area contributed by atoms with Gasteiger partial charge >= 0.3 is 5.69 Å². The number of hydrogen-bond acceptors (Lipinski definition) is 6. The number of hydrogen-bond donors (Lipinski definition) is 1. The molecule has 0 aliphatic heterocycles. The fraction of sp³-hybridized carbons (Fsp3) is 0.267. The van der Waals surface area contributed by atoms with Gasteiger partial charge in [-0.05, 0) is 39.3 Å². The molecular weight excluding hydrogens is 300 g/mol. The molecule has 1 aromatic rings. The molecule has 0 spiro atoms. The van der Waals surface area contributed by atoms with Gasteiger partial charge in [0.05, 0.1) is 15.9 Å². The maximum atomic E-state index is 11.0. The van der Waals surface area contributed by atoms with E-state index in [1.165, 1.54) is 23.9 Å². The number of nitro benzene ring substituents is 2. The summed E-state index contributed by atoms with van der Waals surface area (Å²) in [5, 5.41) is 25.5. The van der Waals surface area contributed by atoms with Gasteiger partial charge in [-0.1, -0.05) is 17.2 Å². The Labute approximate surface area is 133 Å². The molecule has 0 saturated carbocycles. The topological polar surface area (TPSA) is 111 Å². The highest BCUT2D eigenvalue weighted by Gasteiger charge is 2.18. The van der Waals surface area contributed by atoms with E-state index in [9.17, 15) is 20.2 Å². The second kappa shape index (κ2) is 8.42. The van der Waals surface area contributed by atoms with Gasteiger partial charge in [-0.2, -0.15) is 5.10 Å². The molecule has 1 rings (SSSR count). The van der Waals surface area contributed by atoms with E-state index in [0.717, 1.165) is 18.1 Å². The molecule has 8 nitrogen and oxygen atoms in total. The summed E-state index contributed by atoms with van der Waals surface area (Å²) in [7, 11) is 0. The number of anilines is 1. The van der Waals surface area contributed by atoms with Crippen LogP contribution in [0.25, 0.3) is 0 Å². The Morgan fingerprint density at radius 1 is 1.22 bits per heavy atom. The third kappa shape index (κ3) is 6.08. The molecule has 0 bridgehead atoms. The van der Waals surface area contributed by atoms with Gasteiger partial charge in [-0.15, -0.1) is 0 Å². The Hall–Kier alpha value is -3.03. The predicted molar refractivity (Wildman–Crippen MR) is 89.7 cm³/mol. The van der Waals surface area contributed by atoms with Crippen molar-refractivity contribution in [3.05, 3.63) is 61.7 Å². The smallest absolute Gasteiger partial charge is 0.272 e. The Morgan fingerprint density at radius 3 is 2.48 bits per heavy atom. The first-order valence-electron chi connectivity index (χ1n) is 6.82. The van der Waals surface area contributed by atoms with Gasteiger partial charge in [0.1, 0.15) is 5.69 Å². The van der Waals surface area contributed by atoms with Gasteiger partial charge in [0.2, 0.25) is 0 Å². The summed E-state index contributed by atoms with van der Waals surface area (Å²) in [6.07, 6.45) is 6.14. The van der Waals surface area contributed by atoms with Gasteiger partial charge < -0.3 is 0 Å². The van der Waals surface area contributed by atoms with Crippen molar-refractivity contribution in [2.45, 2.75) is 27.2 Å². The number of nitrogens with one attached hydrogen (secondary N) is 1. The van der Waals surface area contributed by atoms with Crippen LogP contribution in [0.2, 0.25) is 0 Å². The Kier molecular flexibility index (Phi) is 6.60. The lowest BCUT2D eigenvalue weighted by molar-refractivity contribution is -0.393. The van der Waals surface area contributed by atoms with Gasteiger partial charge in [-0.3, -0.25) is 25.7 Å². The molecule has 1 aromatic carbocycles. The van der Waals surface area contributed by atoms with Crippen LogP contribution in [0, 0.1) is 20.2 Å². The zero-order valence-electron chi connectivity index (χ0n) is 13.1.